The number of carbonyl (C=O) groups is 2. The van der Waals surface area contributed by atoms with Gasteiger partial charge in [0, 0.05) is 5.56 Å². The molecule has 2 aromatic carbocycles. The molecule has 28 heavy (non-hydrogen) atoms. The predicted molar refractivity (Wildman–Crippen MR) is 104 cm³/mol. The third-order valence-electron chi connectivity index (χ3n) is 4.00. The lowest BCUT2D eigenvalue weighted by atomic mass is 10.1. The minimum absolute atomic E-state index is 0.0117. The summed E-state index contributed by atoms with van der Waals surface area (Å²) in [6.45, 7) is -0.381. The van der Waals surface area contributed by atoms with Gasteiger partial charge < -0.3 is 9.47 Å². The van der Waals surface area contributed by atoms with Crippen LogP contribution < -0.4 is 10.3 Å². The fourth-order valence-corrected chi connectivity index (χ4v) is 3.05. The summed E-state index contributed by atoms with van der Waals surface area (Å²) in [7, 11) is 1.52. The van der Waals surface area contributed by atoms with Crippen molar-refractivity contribution in [1.82, 2.24) is 15.0 Å². The first kappa shape index (κ1) is 19.7. The Labute approximate surface area is 168 Å². The Hall–Kier alpha value is -3.07. The zero-order valence-electron chi connectivity index (χ0n) is 14.9. The molecule has 1 heterocycles. The zero-order chi connectivity index (χ0) is 20.1. The van der Waals surface area contributed by atoms with Crippen molar-refractivity contribution >= 4 is 38.6 Å². The lowest BCUT2D eigenvalue weighted by molar-refractivity contribution is -0.142. The van der Waals surface area contributed by atoms with Crippen molar-refractivity contribution in [3.8, 4) is 5.75 Å². The molecule has 3 rings (SSSR count). The third kappa shape index (κ3) is 4.42. The van der Waals surface area contributed by atoms with Gasteiger partial charge in [-0.05, 0) is 46.3 Å². The number of hydrogen-bond donors (Lipinski definition) is 0. The van der Waals surface area contributed by atoms with Crippen LogP contribution in [-0.2, 0) is 16.1 Å². The molecule has 0 aliphatic heterocycles. The second kappa shape index (κ2) is 8.75. The van der Waals surface area contributed by atoms with Crippen LogP contribution in [0.3, 0.4) is 0 Å². The average Bonchev–Trinajstić information content (AvgIpc) is 2.71. The first-order chi connectivity index (χ1) is 13.5. The molecule has 8 nitrogen and oxygen atoms in total. The predicted octanol–water partition coefficient (Wildman–Crippen LogP) is 2.38. The summed E-state index contributed by atoms with van der Waals surface area (Å²) in [6.07, 6.45) is -0.105. The number of Topliss-reactive ketones (excluding diaryl/α,β-unsaturated/α-hetero) is 1. The van der Waals surface area contributed by atoms with Crippen LogP contribution in [0.25, 0.3) is 10.9 Å². The highest BCUT2D eigenvalue weighted by Gasteiger charge is 2.13. The lowest BCUT2D eigenvalue weighted by Crippen LogP contribution is -2.26. The summed E-state index contributed by atoms with van der Waals surface area (Å²) in [6, 6.07) is 11.6. The quantitative estimate of drug-likeness (QED) is 0.406. The smallest absolute Gasteiger partial charge is 0.308 e. The maximum absolute atomic E-state index is 12.3. The summed E-state index contributed by atoms with van der Waals surface area (Å²) >= 11 is 3.30. The molecule has 144 valence electrons. The fourth-order valence-electron chi connectivity index (χ4n) is 2.51. The number of carbonyl (C=O) groups excluding carboxylic acids is 2. The van der Waals surface area contributed by atoms with Crippen LogP contribution in [0.2, 0.25) is 0 Å². The molecule has 0 aliphatic rings. The molecule has 3 aromatic rings. The Morgan fingerprint density at radius 2 is 1.96 bits per heavy atom. The highest BCUT2D eigenvalue weighted by Crippen LogP contribution is 2.25. The maximum atomic E-state index is 12.3. The van der Waals surface area contributed by atoms with Crippen molar-refractivity contribution < 1.29 is 19.1 Å². The Kier molecular flexibility index (Phi) is 6.15. The first-order valence-electron chi connectivity index (χ1n) is 8.34. The van der Waals surface area contributed by atoms with Gasteiger partial charge in [-0.1, -0.05) is 17.3 Å². The molecule has 0 radical (unpaired) electrons. The number of methoxy groups -OCH3 is 1. The van der Waals surface area contributed by atoms with Crippen molar-refractivity contribution in [2.45, 2.75) is 13.0 Å². The maximum Gasteiger partial charge on any atom is 0.308 e. The molecule has 0 saturated carbocycles. The third-order valence-corrected chi connectivity index (χ3v) is 4.61. The highest BCUT2D eigenvalue weighted by atomic mass is 79.9. The number of hydrogen-bond acceptors (Lipinski definition) is 7. The van der Waals surface area contributed by atoms with E-state index >= 15 is 0 Å². The second-order valence-electron chi connectivity index (χ2n) is 5.82. The minimum atomic E-state index is -0.609. The number of nitrogens with zero attached hydrogens (tertiary/aromatic N) is 3. The average molecular weight is 446 g/mol. The Morgan fingerprint density at radius 1 is 1.18 bits per heavy atom. The zero-order valence-corrected chi connectivity index (χ0v) is 16.5. The van der Waals surface area contributed by atoms with E-state index in [1.165, 1.54) is 7.11 Å². The molecule has 0 spiro atoms. The van der Waals surface area contributed by atoms with E-state index in [4.69, 9.17) is 9.47 Å². The van der Waals surface area contributed by atoms with Gasteiger partial charge in [-0.15, -0.1) is 5.10 Å². The molecule has 0 saturated heterocycles. The molecule has 0 fully saturated rings. The van der Waals surface area contributed by atoms with Crippen LogP contribution in [0.4, 0.5) is 0 Å². The summed E-state index contributed by atoms with van der Waals surface area (Å²) in [5.41, 5.74) is 0.539. The highest BCUT2D eigenvalue weighted by molar-refractivity contribution is 9.10. The Balaban J connectivity index is 1.56. The molecule has 0 bridgehead atoms. The molecule has 0 amide bonds. The Bertz CT molecular complexity index is 1100. The van der Waals surface area contributed by atoms with E-state index < -0.39 is 12.6 Å². The van der Waals surface area contributed by atoms with Gasteiger partial charge in [-0.2, -0.15) is 0 Å². The van der Waals surface area contributed by atoms with Crippen molar-refractivity contribution in [2.75, 3.05) is 13.7 Å². The van der Waals surface area contributed by atoms with Crippen molar-refractivity contribution in [2.24, 2.45) is 0 Å². The topological polar surface area (TPSA) is 100 Å². The number of halogens is 1. The van der Waals surface area contributed by atoms with E-state index in [1.807, 2.05) is 0 Å². The molecular formula is C19H16BrN3O5. The summed E-state index contributed by atoms with van der Waals surface area (Å²) in [4.78, 5) is 36.4. The SMILES string of the molecule is COc1ccc(C(=O)COC(=O)CCn2nnc3ccccc3c2=O)cc1Br. The van der Waals surface area contributed by atoms with Crippen LogP contribution in [0.1, 0.15) is 16.8 Å². The van der Waals surface area contributed by atoms with E-state index in [0.29, 0.717) is 26.7 Å². The lowest BCUT2D eigenvalue weighted by Gasteiger charge is -2.07. The molecule has 0 aliphatic carbocycles. The number of ketones is 1. The van der Waals surface area contributed by atoms with Gasteiger partial charge >= 0.3 is 5.97 Å². The number of rotatable bonds is 7. The first-order valence-corrected chi connectivity index (χ1v) is 9.14. The van der Waals surface area contributed by atoms with Crippen LogP contribution in [0.5, 0.6) is 5.75 Å². The van der Waals surface area contributed by atoms with E-state index in [0.717, 1.165) is 4.68 Å². The van der Waals surface area contributed by atoms with Gasteiger partial charge in [0.05, 0.1) is 29.9 Å². The normalized spacial score (nSPS) is 10.6. The molecule has 0 N–H and O–H groups in total. The summed E-state index contributed by atoms with van der Waals surface area (Å²) in [5, 5.41) is 8.18. The van der Waals surface area contributed by atoms with Gasteiger partial charge in [0.2, 0.25) is 0 Å². The van der Waals surface area contributed by atoms with Crippen LogP contribution >= 0.6 is 15.9 Å². The number of esters is 1. The van der Waals surface area contributed by atoms with Crippen LogP contribution in [0.15, 0.2) is 51.7 Å². The standard InChI is InChI=1S/C19H16BrN3O5/c1-27-17-7-6-12(10-14(17)20)16(24)11-28-18(25)8-9-23-19(26)13-4-2-3-5-15(13)21-22-23/h2-7,10H,8-9,11H2,1H3. The van der Waals surface area contributed by atoms with Gasteiger partial charge in [0.15, 0.2) is 12.4 Å². The molecule has 1 aromatic heterocycles. The number of aromatic nitrogens is 3. The van der Waals surface area contributed by atoms with E-state index in [9.17, 15) is 14.4 Å². The van der Waals surface area contributed by atoms with Gasteiger partial charge in [-0.3, -0.25) is 14.4 Å². The number of aryl methyl sites for hydroxylation is 1. The monoisotopic (exact) mass is 445 g/mol. The van der Waals surface area contributed by atoms with E-state index in [2.05, 4.69) is 26.2 Å². The van der Waals surface area contributed by atoms with Crippen molar-refractivity contribution in [3.05, 3.63) is 62.9 Å². The second-order valence-corrected chi connectivity index (χ2v) is 6.67. The molecule has 9 heteroatoms. The minimum Gasteiger partial charge on any atom is -0.496 e. The summed E-state index contributed by atoms with van der Waals surface area (Å²) in [5.74, 6) is -0.363. The van der Waals surface area contributed by atoms with Crippen LogP contribution in [-0.4, -0.2) is 40.5 Å². The summed E-state index contributed by atoms with van der Waals surface area (Å²) < 4.78 is 11.8. The Morgan fingerprint density at radius 3 is 2.71 bits per heavy atom. The van der Waals surface area contributed by atoms with Crippen molar-refractivity contribution in [1.29, 1.82) is 0 Å². The number of ether oxygens (including phenoxy) is 2. The van der Waals surface area contributed by atoms with Gasteiger partial charge in [-0.25, -0.2) is 4.68 Å². The van der Waals surface area contributed by atoms with E-state index in [1.54, 1.807) is 42.5 Å². The molecular weight excluding hydrogens is 430 g/mol. The molecule has 0 atom stereocenters. The van der Waals surface area contributed by atoms with E-state index in [-0.39, 0.29) is 24.3 Å². The fraction of sp³-hybridized carbons (Fsp3) is 0.211. The van der Waals surface area contributed by atoms with Crippen molar-refractivity contribution in [3.63, 3.8) is 0 Å². The van der Waals surface area contributed by atoms with Gasteiger partial charge in [0.25, 0.3) is 5.56 Å². The number of benzene rings is 2. The number of fused-ring (bicyclic) bond motifs is 1. The largest absolute Gasteiger partial charge is 0.496 e. The molecule has 0 unspecified atom stereocenters. The van der Waals surface area contributed by atoms with Crippen LogP contribution in [0, 0.1) is 0 Å². The van der Waals surface area contributed by atoms with Gasteiger partial charge in [0.1, 0.15) is 11.3 Å².